The van der Waals surface area contributed by atoms with Gasteiger partial charge in [0.2, 0.25) is 11.8 Å². The quantitative estimate of drug-likeness (QED) is 0.779. The first kappa shape index (κ1) is 17.7. The number of likely N-dealkylation sites (tertiary alicyclic amines) is 1. The number of carbonyl (C=O) groups excluding carboxylic acids is 3. The van der Waals surface area contributed by atoms with Gasteiger partial charge in [-0.05, 0) is 41.8 Å². The van der Waals surface area contributed by atoms with Crippen LogP contribution in [0.4, 0.5) is 0 Å². The molecule has 26 heavy (non-hydrogen) atoms. The van der Waals surface area contributed by atoms with Gasteiger partial charge in [0.15, 0.2) is 0 Å². The van der Waals surface area contributed by atoms with Crippen molar-refractivity contribution in [2.75, 3.05) is 6.54 Å². The van der Waals surface area contributed by atoms with Crippen LogP contribution in [0.1, 0.15) is 34.3 Å². The van der Waals surface area contributed by atoms with Crippen LogP contribution < -0.4 is 5.32 Å². The normalized spacial score (nSPS) is 13.9. The minimum atomic E-state index is -0.177. The fourth-order valence-electron chi connectivity index (χ4n) is 2.83. The van der Waals surface area contributed by atoms with Gasteiger partial charge in [-0.1, -0.05) is 24.3 Å². The SMILES string of the molecule is O=C(NCCc1ccc(O)cc1)c1ccc(CN2C(=O)CCC2=O)cc1. The van der Waals surface area contributed by atoms with E-state index in [-0.39, 0.29) is 42.9 Å². The third-order valence-corrected chi connectivity index (χ3v) is 4.35. The van der Waals surface area contributed by atoms with E-state index >= 15 is 0 Å². The first-order valence-corrected chi connectivity index (χ1v) is 8.51. The predicted molar refractivity (Wildman–Crippen MR) is 95.4 cm³/mol. The molecule has 1 aliphatic heterocycles. The zero-order valence-corrected chi connectivity index (χ0v) is 14.3. The molecular formula is C20H20N2O4. The van der Waals surface area contributed by atoms with Gasteiger partial charge in [0, 0.05) is 24.9 Å². The molecule has 0 radical (unpaired) electrons. The summed E-state index contributed by atoms with van der Waals surface area (Å²) in [5, 5.41) is 12.1. The summed E-state index contributed by atoms with van der Waals surface area (Å²) >= 11 is 0. The summed E-state index contributed by atoms with van der Waals surface area (Å²) < 4.78 is 0. The number of imide groups is 1. The Hall–Kier alpha value is -3.15. The standard InChI is InChI=1S/C20H20N2O4/c23-17-7-3-14(4-8-17)11-12-21-20(26)16-5-1-15(2-6-16)13-22-18(24)9-10-19(22)25/h1-8,23H,9-13H2,(H,21,26). The molecule has 2 aromatic carbocycles. The van der Waals surface area contributed by atoms with Gasteiger partial charge in [-0.2, -0.15) is 0 Å². The molecule has 2 N–H and O–H groups in total. The summed E-state index contributed by atoms with van der Waals surface area (Å²) in [7, 11) is 0. The van der Waals surface area contributed by atoms with Crippen LogP contribution in [0.3, 0.4) is 0 Å². The van der Waals surface area contributed by atoms with Crippen molar-refractivity contribution in [2.24, 2.45) is 0 Å². The van der Waals surface area contributed by atoms with Gasteiger partial charge in [-0.3, -0.25) is 19.3 Å². The summed E-state index contributed by atoms with van der Waals surface area (Å²) in [6, 6.07) is 13.8. The van der Waals surface area contributed by atoms with Crippen LogP contribution in [0, 0.1) is 0 Å². The highest BCUT2D eigenvalue weighted by molar-refractivity contribution is 6.01. The molecule has 0 unspecified atom stereocenters. The molecule has 0 saturated carbocycles. The average molecular weight is 352 g/mol. The molecule has 6 nitrogen and oxygen atoms in total. The average Bonchev–Trinajstić information content (AvgIpc) is 2.96. The van der Waals surface area contributed by atoms with Crippen molar-refractivity contribution in [3.63, 3.8) is 0 Å². The Morgan fingerprint density at radius 2 is 1.50 bits per heavy atom. The lowest BCUT2D eigenvalue weighted by Gasteiger charge is -2.14. The second-order valence-electron chi connectivity index (χ2n) is 6.24. The molecule has 0 aromatic heterocycles. The van der Waals surface area contributed by atoms with Crippen molar-refractivity contribution >= 4 is 17.7 Å². The Morgan fingerprint density at radius 3 is 2.12 bits per heavy atom. The molecule has 2 aromatic rings. The van der Waals surface area contributed by atoms with E-state index in [1.807, 2.05) is 12.1 Å². The van der Waals surface area contributed by atoms with Crippen LogP contribution in [-0.4, -0.2) is 34.3 Å². The third kappa shape index (κ3) is 4.27. The molecule has 1 fully saturated rings. The fraction of sp³-hybridized carbons (Fsp3) is 0.250. The zero-order valence-electron chi connectivity index (χ0n) is 14.3. The molecule has 6 heteroatoms. The highest BCUT2D eigenvalue weighted by Gasteiger charge is 2.28. The summed E-state index contributed by atoms with van der Waals surface area (Å²) in [6.07, 6.45) is 1.23. The number of hydrogen-bond donors (Lipinski definition) is 2. The van der Waals surface area contributed by atoms with E-state index in [9.17, 15) is 19.5 Å². The van der Waals surface area contributed by atoms with Gasteiger partial charge >= 0.3 is 0 Å². The maximum absolute atomic E-state index is 12.2. The van der Waals surface area contributed by atoms with Crippen LogP contribution in [0.5, 0.6) is 5.75 Å². The number of phenolic OH excluding ortho intramolecular Hbond substituents is 1. The molecule has 0 bridgehead atoms. The molecule has 1 aliphatic rings. The molecule has 0 spiro atoms. The molecule has 1 heterocycles. The van der Waals surface area contributed by atoms with Crippen LogP contribution in [-0.2, 0) is 22.6 Å². The summed E-state index contributed by atoms with van der Waals surface area (Å²) in [5.74, 6) is -0.254. The Bertz CT molecular complexity index is 797. The van der Waals surface area contributed by atoms with Gasteiger partial charge < -0.3 is 10.4 Å². The van der Waals surface area contributed by atoms with Gasteiger partial charge in [0.25, 0.3) is 5.91 Å². The molecular weight excluding hydrogens is 332 g/mol. The maximum Gasteiger partial charge on any atom is 0.251 e. The summed E-state index contributed by atoms with van der Waals surface area (Å²) in [4.78, 5) is 36.7. The first-order valence-electron chi connectivity index (χ1n) is 8.51. The maximum atomic E-state index is 12.2. The number of carbonyl (C=O) groups is 3. The van der Waals surface area contributed by atoms with E-state index < -0.39 is 0 Å². The number of phenols is 1. The molecule has 134 valence electrons. The van der Waals surface area contributed by atoms with Crippen molar-refractivity contribution in [3.8, 4) is 5.75 Å². The monoisotopic (exact) mass is 352 g/mol. The largest absolute Gasteiger partial charge is 0.508 e. The lowest BCUT2D eigenvalue weighted by atomic mass is 10.1. The summed E-state index contributed by atoms with van der Waals surface area (Å²) in [6.45, 7) is 0.739. The van der Waals surface area contributed by atoms with Crippen LogP contribution >= 0.6 is 0 Å². The van der Waals surface area contributed by atoms with Gasteiger partial charge in [0.1, 0.15) is 5.75 Å². The van der Waals surface area contributed by atoms with Gasteiger partial charge in [-0.15, -0.1) is 0 Å². The van der Waals surface area contributed by atoms with E-state index in [1.165, 1.54) is 4.90 Å². The molecule has 3 rings (SSSR count). The van der Waals surface area contributed by atoms with E-state index in [2.05, 4.69) is 5.32 Å². The smallest absolute Gasteiger partial charge is 0.251 e. The Morgan fingerprint density at radius 1 is 0.923 bits per heavy atom. The zero-order chi connectivity index (χ0) is 18.5. The lowest BCUT2D eigenvalue weighted by Crippen LogP contribution is -2.28. The molecule has 0 aliphatic carbocycles. The predicted octanol–water partition coefficient (Wildman–Crippen LogP) is 2.01. The van der Waals surface area contributed by atoms with Crippen LogP contribution in [0.15, 0.2) is 48.5 Å². The number of benzene rings is 2. The Kier molecular flexibility index (Phi) is 5.31. The second-order valence-corrected chi connectivity index (χ2v) is 6.24. The minimum Gasteiger partial charge on any atom is -0.508 e. The van der Waals surface area contributed by atoms with Crippen LogP contribution in [0.2, 0.25) is 0 Å². The molecule has 1 saturated heterocycles. The highest BCUT2D eigenvalue weighted by atomic mass is 16.3. The van der Waals surface area contributed by atoms with Crippen molar-refractivity contribution in [2.45, 2.75) is 25.8 Å². The number of nitrogens with zero attached hydrogens (tertiary/aromatic N) is 1. The fourth-order valence-corrected chi connectivity index (χ4v) is 2.83. The Labute approximate surface area is 151 Å². The number of aromatic hydroxyl groups is 1. The number of nitrogens with one attached hydrogen (secondary N) is 1. The number of hydrogen-bond acceptors (Lipinski definition) is 4. The van der Waals surface area contributed by atoms with E-state index in [0.717, 1.165) is 11.1 Å². The first-order chi connectivity index (χ1) is 12.5. The third-order valence-electron chi connectivity index (χ3n) is 4.35. The van der Waals surface area contributed by atoms with Gasteiger partial charge in [0.05, 0.1) is 6.54 Å². The van der Waals surface area contributed by atoms with E-state index in [0.29, 0.717) is 18.5 Å². The molecule has 3 amide bonds. The van der Waals surface area contributed by atoms with E-state index in [4.69, 9.17) is 0 Å². The Balaban J connectivity index is 1.51. The van der Waals surface area contributed by atoms with Crippen LogP contribution in [0.25, 0.3) is 0 Å². The van der Waals surface area contributed by atoms with Crippen molar-refractivity contribution < 1.29 is 19.5 Å². The topological polar surface area (TPSA) is 86.7 Å². The number of amides is 3. The van der Waals surface area contributed by atoms with Crippen molar-refractivity contribution in [3.05, 3.63) is 65.2 Å². The number of rotatable bonds is 6. The highest BCUT2D eigenvalue weighted by Crippen LogP contribution is 2.16. The lowest BCUT2D eigenvalue weighted by molar-refractivity contribution is -0.139. The van der Waals surface area contributed by atoms with E-state index in [1.54, 1.807) is 36.4 Å². The minimum absolute atomic E-state index is 0.147. The molecule has 0 atom stereocenters. The summed E-state index contributed by atoms with van der Waals surface area (Å²) in [5.41, 5.74) is 2.37. The second kappa shape index (κ2) is 7.82. The van der Waals surface area contributed by atoms with Gasteiger partial charge in [-0.25, -0.2) is 0 Å². The van der Waals surface area contributed by atoms with Crippen molar-refractivity contribution in [1.82, 2.24) is 10.2 Å². The van der Waals surface area contributed by atoms with Crippen molar-refractivity contribution in [1.29, 1.82) is 0 Å².